The van der Waals surface area contributed by atoms with E-state index >= 15 is 0 Å². The third kappa shape index (κ3) is 5.04. The van der Waals surface area contributed by atoms with E-state index in [2.05, 4.69) is 6.92 Å². The van der Waals surface area contributed by atoms with Gasteiger partial charge in [0.05, 0.1) is 13.0 Å². The van der Waals surface area contributed by atoms with Crippen LogP contribution in [0.2, 0.25) is 0 Å². The molecule has 1 rings (SSSR count). The molecule has 2 N–H and O–H groups in total. The first-order valence-corrected chi connectivity index (χ1v) is 6.86. The minimum Gasteiger partial charge on any atom is -0.381 e. The van der Waals surface area contributed by atoms with Gasteiger partial charge in [-0.25, -0.2) is 0 Å². The van der Waals surface area contributed by atoms with E-state index in [1.54, 1.807) is 0 Å². The number of nitrogens with zero attached hydrogens (tertiary/aromatic N) is 1. The van der Waals surface area contributed by atoms with Crippen molar-refractivity contribution in [3.05, 3.63) is 0 Å². The molecule has 0 saturated heterocycles. The van der Waals surface area contributed by atoms with Gasteiger partial charge < -0.3 is 15.4 Å². The van der Waals surface area contributed by atoms with Crippen LogP contribution in [0.15, 0.2) is 0 Å². The van der Waals surface area contributed by atoms with Crippen molar-refractivity contribution >= 4 is 5.91 Å². The molecule has 0 spiro atoms. The van der Waals surface area contributed by atoms with Crippen LogP contribution in [0, 0.1) is 0 Å². The molecule has 1 fully saturated rings. The van der Waals surface area contributed by atoms with Crippen molar-refractivity contribution in [2.24, 2.45) is 5.73 Å². The Morgan fingerprint density at radius 2 is 2.18 bits per heavy atom. The predicted molar refractivity (Wildman–Crippen MR) is 68.8 cm³/mol. The Morgan fingerprint density at radius 1 is 1.41 bits per heavy atom. The lowest BCUT2D eigenvalue weighted by Gasteiger charge is -2.37. The molecule has 1 aliphatic rings. The highest BCUT2D eigenvalue weighted by atomic mass is 16.5. The minimum absolute atomic E-state index is 0.235. The molecular formula is C13H26N2O2. The molecule has 4 nitrogen and oxygen atoms in total. The number of rotatable bonds is 9. The van der Waals surface area contributed by atoms with Crippen molar-refractivity contribution < 1.29 is 9.53 Å². The van der Waals surface area contributed by atoms with Crippen LogP contribution in [0.4, 0.5) is 0 Å². The van der Waals surface area contributed by atoms with E-state index < -0.39 is 0 Å². The second-order valence-corrected chi connectivity index (χ2v) is 4.68. The van der Waals surface area contributed by atoms with Gasteiger partial charge >= 0.3 is 0 Å². The molecule has 1 amide bonds. The molecule has 1 aliphatic carbocycles. The summed E-state index contributed by atoms with van der Waals surface area (Å²) in [5, 5.41) is 0. The number of amides is 1. The first-order chi connectivity index (χ1) is 8.29. The Labute approximate surface area is 104 Å². The molecule has 0 radical (unpaired) electrons. The van der Waals surface area contributed by atoms with Gasteiger partial charge in [0.1, 0.15) is 0 Å². The Hall–Kier alpha value is -0.610. The topological polar surface area (TPSA) is 55.6 Å². The summed E-state index contributed by atoms with van der Waals surface area (Å²) in [7, 11) is 0. The molecule has 0 unspecified atom stereocenters. The van der Waals surface area contributed by atoms with Gasteiger partial charge in [-0.2, -0.15) is 0 Å². The molecule has 0 aromatic carbocycles. The monoisotopic (exact) mass is 242 g/mol. The van der Waals surface area contributed by atoms with Crippen LogP contribution in [0.1, 0.15) is 45.4 Å². The zero-order valence-electron chi connectivity index (χ0n) is 11.0. The van der Waals surface area contributed by atoms with Crippen molar-refractivity contribution in [1.82, 2.24) is 4.90 Å². The number of hydrogen-bond donors (Lipinski definition) is 1. The first-order valence-electron chi connectivity index (χ1n) is 6.86. The van der Waals surface area contributed by atoms with E-state index in [-0.39, 0.29) is 5.91 Å². The Balaban J connectivity index is 2.26. The molecule has 0 aliphatic heterocycles. The van der Waals surface area contributed by atoms with E-state index in [0.717, 1.165) is 38.8 Å². The highest BCUT2D eigenvalue weighted by Crippen LogP contribution is 2.25. The third-order valence-electron chi connectivity index (χ3n) is 3.25. The summed E-state index contributed by atoms with van der Waals surface area (Å²) in [6.45, 7) is 4.85. The predicted octanol–water partition coefficient (Wildman–Crippen LogP) is 1.53. The van der Waals surface area contributed by atoms with E-state index in [4.69, 9.17) is 10.5 Å². The quantitative estimate of drug-likeness (QED) is 0.624. The maximum absolute atomic E-state index is 12.1. The second-order valence-electron chi connectivity index (χ2n) is 4.68. The van der Waals surface area contributed by atoms with Crippen molar-refractivity contribution in [2.45, 2.75) is 51.5 Å². The van der Waals surface area contributed by atoms with E-state index in [1.807, 2.05) is 4.90 Å². The van der Waals surface area contributed by atoms with Crippen LogP contribution in [0.5, 0.6) is 0 Å². The third-order valence-corrected chi connectivity index (χ3v) is 3.25. The molecule has 1 saturated carbocycles. The highest BCUT2D eigenvalue weighted by molar-refractivity contribution is 5.76. The highest BCUT2D eigenvalue weighted by Gasteiger charge is 2.27. The summed E-state index contributed by atoms with van der Waals surface area (Å²) in [5.74, 6) is 0.235. The molecule has 0 aromatic heterocycles. The summed E-state index contributed by atoms with van der Waals surface area (Å²) in [4.78, 5) is 14.1. The van der Waals surface area contributed by atoms with Gasteiger partial charge in [-0.1, -0.05) is 6.92 Å². The van der Waals surface area contributed by atoms with Crippen molar-refractivity contribution in [1.29, 1.82) is 0 Å². The number of hydrogen-bond acceptors (Lipinski definition) is 3. The summed E-state index contributed by atoms with van der Waals surface area (Å²) >= 11 is 0. The zero-order chi connectivity index (χ0) is 12.5. The molecule has 0 atom stereocenters. The van der Waals surface area contributed by atoms with Gasteiger partial charge in [0, 0.05) is 19.2 Å². The largest absolute Gasteiger partial charge is 0.381 e. The van der Waals surface area contributed by atoms with E-state index in [0.29, 0.717) is 25.6 Å². The SMILES string of the molecule is CCCOCCC(=O)N(CCCN)C1CCC1. The number of nitrogens with two attached hydrogens (primary N) is 1. The molecule has 17 heavy (non-hydrogen) atoms. The number of carbonyl (C=O) groups is 1. The molecule has 4 heteroatoms. The van der Waals surface area contributed by atoms with Crippen molar-refractivity contribution in [3.63, 3.8) is 0 Å². The fourth-order valence-corrected chi connectivity index (χ4v) is 2.02. The summed E-state index contributed by atoms with van der Waals surface area (Å²) < 4.78 is 5.37. The van der Waals surface area contributed by atoms with Gasteiger partial charge in [0.2, 0.25) is 5.91 Å². The van der Waals surface area contributed by atoms with Crippen molar-refractivity contribution in [3.8, 4) is 0 Å². The number of carbonyl (C=O) groups excluding carboxylic acids is 1. The van der Waals surface area contributed by atoms with Crippen LogP contribution in [0.3, 0.4) is 0 Å². The standard InChI is InChI=1S/C13H26N2O2/c1-2-10-17-11-7-13(16)15(9-4-8-14)12-5-3-6-12/h12H,2-11,14H2,1H3. The smallest absolute Gasteiger partial charge is 0.225 e. The van der Waals surface area contributed by atoms with Gasteiger partial charge in [-0.05, 0) is 38.6 Å². The van der Waals surface area contributed by atoms with Gasteiger partial charge in [0.25, 0.3) is 0 Å². The molecule has 0 bridgehead atoms. The molecule has 0 heterocycles. The lowest BCUT2D eigenvalue weighted by atomic mass is 9.91. The zero-order valence-corrected chi connectivity index (χ0v) is 11.0. The molecule has 0 aromatic rings. The first kappa shape index (κ1) is 14.5. The lowest BCUT2D eigenvalue weighted by molar-refractivity contribution is -0.136. The maximum atomic E-state index is 12.1. The summed E-state index contributed by atoms with van der Waals surface area (Å²) in [6, 6.07) is 0.472. The second kappa shape index (κ2) is 8.48. The Bertz CT molecular complexity index is 217. The summed E-state index contributed by atoms with van der Waals surface area (Å²) in [5.41, 5.74) is 5.51. The average Bonchev–Trinajstić information content (AvgIpc) is 2.27. The minimum atomic E-state index is 0.235. The normalized spacial score (nSPS) is 15.6. The van der Waals surface area contributed by atoms with Crippen LogP contribution >= 0.6 is 0 Å². The van der Waals surface area contributed by atoms with E-state index in [1.165, 1.54) is 6.42 Å². The lowest BCUT2D eigenvalue weighted by Crippen LogP contribution is -2.45. The van der Waals surface area contributed by atoms with Gasteiger partial charge in [-0.15, -0.1) is 0 Å². The fraction of sp³-hybridized carbons (Fsp3) is 0.923. The van der Waals surface area contributed by atoms with Crippen molar-refractivity contribution in [2.75, 3.05) is 26.3 Å². The number of ether oxygens (including phenoxy) is 1. The van der Waals surface area contributed by atoms with Crippen LogP contribution < -0.4 is 5.73 Å². The van der Waals surface area contributed by atoms with Crippen LogP contribution in [-0.2, 0) is 9.53 Å². The Kier molecular flexibility index (Phi) is 7.21. The van der Waals surface area contributed by atoms with Gasteiger partial charge in [0.15, 0.2) is 0 Å². The molecular weight excluding hydrogens is 216 g/mol. The Morgan fingerprint density at radius 3 is 2.71 bits per heavy atom. The van der Waals surface area contributed by atoms with Crippen LogP contribution in [0.25, 0.3) is 0 Å². The van der Waals surface area contributed by atoms with Gasteiger partial charge in [-0.3, -0.25) is 4.79 Å². The van der Waals surface area contributed by atoms with E-state index in [9.17, 15) is 4.79 Å². The summed E-state index contributed by atoms with van der Waals surface area (Å²) in [6.07, 6.45) is 5.99. The van der Waals surface area contributed by atoms with Crippen LogP contribution in [-0.4, -0.2) is 43.2 Å². The maximum Gasteiger partial charge on any atom is 0.225 e. The average molecular weight is 242 g/mol. The fourth-order valence-electron chi connectivity index (χ4n) is 2.02. The molecule has 100 valence electrons.